The number of nitrogens with zero attached hydrogens (tertiary/aromatic N) is 1. The number of phenols is 1. The molecule has 0 saturated carbocycles. The van der Waals surface area contributed by atoms with E-state index in [0.29, 0.717) is 20.6 Å². The molecule has 0 fully saturated rings. The molecule has 0 aromatic heterocycles. The van der Waals surface area contributed by atoms with Crippen molar-refractivity contribution in [2.75, 3.05) is 6.61 Å². The molecule has 0 saturated heterocycles. The number of hydrogen-bond donors (Lipinski definition) is 2. The molecule has 3 rings (SSSR count). The molecule has 0 spiro atoms. The van der Waals surface area contributed by atoms with Crippen molar-refractivity contribution in [1.82, 2.24) is 5.43 Å². The maximum absolute atomic E-state index is 12.1. The van der Waals surface area contributed by atoms with Gasteiger partial charge in [-0.25, -0.2) is 5.43 Å². The van der Waals surface area contributed by atoms with Gasteiger partial charge in [-0.1, -0.05) is 28.1 Å². The van der Waals surface area contributed by atoms with Gasteiger partial charge in [0.2, 0.25) is 6.10 Å². The van der Waals surface area contributed by atoms with Gasteiger partial charge < -0.3 is 14.6 Å². The van der Waals surface area contributed by atoms with E-state index in [4.69, 9.17) is 9.47 Å². The Kier molecular flexibility index (Phi) is 5.24. The average Bonchev–Trinajstić information content (AvgIpc) is 2.58. The highest BCUT2D eigenvalue weighted by Crippen LogP contribution is 2.31. The smallest absolute Gasteiger partial charge is 0.284 e. The number of hydrazone groups is 1. The van der Waals surface area contributed by atoms with Crippen LogP contribution in [0, 0.1) is 3.57 Å². The number of phenolic OH excluding ortho intramolecular Hbond substituents is 1. The zero-order valence-electron chi connectivity index (χ0n) is 12.2. The number of rotatable bonds is 3. The molecule has 1 aliphatic heterocycles. The van der Waals surface area contributed by atoms with E-state index in [1.807, 2.05) is 28.7 Å². The molecule has 0 aliphatic carbocycles. The summed E-state index contributed by atoms with van der Waals surface area (Å²) in [7, 11) is 0. The van der Waals surface area contributed by atoms with E-state index in [-0.39, 0.29) is 12.4 Å². The molecule has 1 amide bonds. The van der Waals surface area contributed by atoms with Crippen LogP contribution in [0.2, 0.25) is 0 Å². The van der Waals surface area contributed by atoms with E-state index in [1.54, 1.807) is 30.3 Å². The minimum atomic E-state index is -0.784. The fourth-order valence-corrected chi connectivity index (χ4v) is 3.62. The second-order valence-corrected chi connectivity index (χ2v) is 7.00. The number of carbonyl (C=O) groups is 1. The molecule has 1 unspecified atom stereocenters. The Balaban J connectivity index is 1.64. The van der Waals surface area contributed by atoms with Crippen LogP contribution in [0.1, 0.15) is 5.56 Å². The first kappa shape index (κ1) is 17.0. The number of para-hydroxylation sites is 2. The molecular weight excluding hydrogens is 491 g/mol. The first-order valence-electron chi connectivity index (χ1n) is 6.94. The highest BCUT2D eigenvalue weighted by atomic mass is 127. The number of ether oxygens (including phenoxy) is 2. The number of nitrogens with one attached hydrogen (secondary N) is 1. The monoisotopic (exact) mass is 502 g/mol. The van der Waals surface area contributed by atoms with E-state index in [9.17, 15) is 9.90 Å². The number of benzene rings is 2. The van der Waals surface area contributed by atoms with Crippen LogP contribution in [-0.4, -0.2) is 29.9 Å². The largest absolute Gasteiger partial charge is 0.506 e. The molecule has 1 heterocycles. The second-order valence-electron chi connectivity index (χ2n) is 4.92. The first-order chi connectivity index (χ1) is 11.5. The molecule has 6 nitrogen and oxygen atoms in total. The quantitative estimate of drug-likeness (QED) is 0.384. The zero-order chi connectivity index (χ0) is 17.1. The van der Waals surface area contributed by atoms with Gasteiger partial charge in [-0.3, -0.25) is 4.79 Å². The van der Waals surface area contributed by atoms with Crippen LogP contribution in [0.3, 0.4) is 0 Å². The topological polar surface area (TPSA) is 80.2 Å². The summed E-state index contributed by atoms with van der Waals surface area (Å²) in [5, 5.41) is 13.8. The third kappa shape index (κ3) is 3.81. The van der Waals surface area contributed by atoms with Crippen LogP contribution in [0.4, 0.5) is 0 Å². The number of halogens is 2. The second kappa shape index (κ2) is 7.39. The molecule has 124 valence electrons. The molecule has 2 N–H and O–H groups in total. The molecular formula is C16H12BrIN2O4. The van der Waals surface area contributed by atoms with Gasteiger partial charge in [0.05, 0.1) is 9.78 Å². The summed E-state index contributed by atoms with van der Waals surface area (Å²) < 4.78 is 12.6. The van der Waals surface area contributed by atoms with Gasteiger partial charge in [-0.15, -0.1) is 0 Å². The van der Waals surface area contributed by atoms with Gasteiger partial charge in [0.15, 0.2) is 11.5 Å². The van der Waals surface area contributed by atoms with Gasteiger partial charge >= 0.3 is 0 Å². The van der Waals surface area contributed by atoms with Crippen LogP contribution in [0.25, 0.3) is 0 Å². The Morgan fingerprint density at radius 1 is 1.38 bits per heavy atom. The first-order valence-corrected chi connectivity index (χ1v) is 8.81. The number of amides is 1. The predicted molar refractivity (Wildman–Crippen MR) is 101 cm³/mol. The van der Waals surface area contributed by atoms with Crippen molar-refractivity contribution in [2.24, 2.45) is 5.10 Å². The highest BCUT2D eigenvalue weighted by molar-refractivity contribution is 14.1. The Hall–Kier alpha value is -1.81. The number of hydrogen-bond acceptors (Lipinski definition) is 5. The van der Waals surface area contributed by atoms with Crippen molar-refractivity contribution in [3.63, 3.8) is 0 Å². The molecule has 2 aromatic rings. The van der Waals surface area contributed by atoms with E-state index >= 15 is 0 Å². The SMILES string of the molecule is O=C(N/N=C/c1cc(Br)cc(I)c1O)C1COc2ccccc2O1. The summed E-state index contributed by atoms with van der Waals surface area (Å²) in [5.41, 5.74) is 2.88. The Labute approximate surface area is 160 Å². The van der Waals surface area contributed by atoms with Crippen LogP contribution in [0.5, 0.6) is 17.2 Å². The lowest BCUT2D eigenvalue weighted by Crippen LogP contribution is -2.42. The van der Waals surface area contributed by atoms with E-state index in [1.165, 1.54) is 6.21 Å². The molecule has 0 bridgehead atoms. The van der Waals surface area contributed by atoms with Crippen LogP contribution in [-0.2, 0) is 4.79 Å². The Morgan fingerprint density at radius 3 is 2.92 bits per heavy atom. The maximum Gasteiger partial charge on any atom is 0.284 e. The number of aromatic hydroxyl groups is 1. The molecule has 2 aromatic carbocycles. The van der Waals surface area contributed by atoms with E-state index in [0.717, 1.165) is 4.47 Å². The molecule has 0 radical (unpaired) electrons. The summed E-state index contributed by atoms with van der Waals surface area (Å²) in [4.78, 5) is 12.1. The van der Waals surface area contributed by atoms with Crippen molar-refractivity contribution in [3.05, 3.63) is 50.0 Å². The van der Waals surface area contributed by atoms with Crippen LogP contribution >= 0.6 is 38.5 Å². The predicted octanol–water partition coefficient (Wildman–Crippen LogP) is 3.05. The summed E-state index contributed by atoms with van der Waals surface area (Å²) in [6.45, 7) is 0.110. The van der Waals surface area contributed by atoms with E-state index < -0.39 is 12.0 Å². The minimum absolute atomic E-state index is 0.1000. The van der Waals surface area contributed by atoms with Crippen molar-refractivity contribution < 1.29 is 19.4 Å². The third-order valence-electron chi connectivity index (χ3n) is 3.24. The fourth-order valence-electron chi connectivity index (χ4n) is 2.07. The summed E-state index contributed by atoms with van der Waals surface area (Å²) in [6, 6.07) is 10.6. The standard InChI is InChI=1S/C16H12BrIN2O4/c17-10-5-9(15(21)11(18)6-10)7-19-20-16(22)14-8-23-12-3-1-2-4-13(12)24-14/h1-7,14,21H,8H2,(H,20,22)/b19-7+. The maximum atomic E-state index is 12.1. The van der Waals surface area contributed by atoms with Gasteiger partial charge in [0.1, 0.15) is 12.4 Å². The van der Waals surface area contributed by atoms with Gasteiger partial charge in [-0.2, -0.15) is 5.10 Å². The van der Waals surface area contributed by atoms with Crippen molar-refractivity contribution in [1.29, 1.82) is 0 Å². The van der Waals surface area contributed by atoms with Gasteiger partial charge in [0, 0.05) is 10.0 Å². The Morgan fingerprint density at radius 2 is 2.12 bits per heavy atom. The summed E-state index contributed by atoms with van der Waals surface area (Å²) >= 11 is 5.36. The third-order valence-corrected chi connectivity index (χ3v) is 4.52. The average molecular weight is 503 g/mol. The van der Waals surface area contributed by atoms with Gasteiger partial charge in [-0.05, 0) is 46.9 Å². The Bertz CT molecular complexity index is 813. The summed E-state index contributed by atoms with van der Waals surface area (Å²) in [6.07, 6.45) is 0.589. The number of fused-ring (bicyclic) bond motifs is 1. The fraction of sp³-hybridized carbons (Fsp3) is 0.125. The van der Waals surface area contributed by atoms with Crippen LogP contribution < -0.4 is 14.9 Å². The molecule has 8 heteroatoms. The lowest BCUT2D eigenvalue weighted by Gasteiger charge is -2.24. The molecule has 24 heavy (non-hydrogen) atoms. The normalized spacial score (nSPS) is 16.2. The van der Waals surface area contributed by atoms with Crippen LogP contribution in [0.15, 0.2) is 46.0 Å². The van der Waals surface area contributed by atoms with E-state index in [2.05, 4.69) is 26.5 Å². The zero-order valence-corrected chi connectivity index (χ0v) is 15.9. The van der Waals surface area contributed by atoms with Crippen molar-refractivity contribution in [2.45, 2.75) is 6.10 Å². The number of carbonyl (C=O) groups excluding carboxylic acids is 1. The highest BCUT2D eigenvalue weighted by Gasteiger charge is 2.27. The minimum Gasteiger partial charge on any atom is -0.506 e. The molecule has 1 aliphatic rings. The lowest BCUT2D eigenvalue weighted by molar-refractivity contribution is -0.130. The van der Waals surface area contributed by atoms with Crippen molar-refractivity contribution in [3.8, 4) is 17.2 Å². The van der Waals surface area contributed by atoms with Crippen molar-refractivity contribution >= 4 is 50.6 Å². The summed E-state index contributed by atoms with van der Waals surface area (Å²) in [5.74, 6) is 0.804. The lowest BCUT2D eigenvalue weighted by atomic mass is 10.2. The van der Waals surface area contributed by atoms with Gasteiger partial charge in [0.25, 0.3) is 5.91 Å². The molecule has 1 atom stereocenters.